The summed E-state index contributed by atoms with van der Waals surface area (Å²) >= 11 is 3.35. The molecule has 0 saturated carbocycles. The monoisotopic (exact) mass is 595 g/mol. The van der Waals surface area contributed by atoms with Gasteiger partial charge < -0.3 is 19.9 Å². The summed E-state index contributed by atoms with van der Waals surface area (Å²) in [5.74, 6) is 0.189. The van der Waals surface area contributed by atoms with E-state index < -0.39 is 4.92 Å². The molecule has 11 heteroatoms. The number of amides is 2. The summed E-state index contributed by atoms with van der Waals surface area (Å²) in [5, 5.41) is 16.8. The van der Waals surface area contributed by atoms with E-state index in [0.717, 1.165) is 24.6 Å². The lowest BCUT2D eigenvalue weighted by Gasteiger charge is -2.34. The number of nitro benzene ring substituents is 1. The van der Waals surface area contributed by atoms with Gasteiger partial charge in [0.05, 0.1) is 23.2 Å². The lowest BCUT2D eigenvalue weighted by molar-refractivity contribution is -0.384. The first-order chi connectivity index (χ1) is 18.9. The number of likely N-dealkylation sites (tertiary alicyclic amines) is 2. The van der Waals surface area contributed by atoms with Gasteiger partial charge in [-0.05, 0) is 44.2 Å². The molecule has 0 unspecified atom stereocenters. The fourth-order valence-electron chi connectivity index (χ4n) is 5.51. The van der Waals surface area contributed by atoms with Crippen LogP contribution >= 0.6 is 15.9 Å². The van der Waals surface area contributed by atoms with Crippen LogP contribution in [0.4, 0.5) is 11.4 Å². The normalized spacial score (nSPS) is 17.6. The number of nitro groups is 1. The predicted octanol–water partition coefficient (Wildman–Crippen LogP) is 5.26. The molecule has 10 nitrogen and oxygen atoms in total. The molecule has 1 N–H and O–H groups in total. The van der Waals surface area contributed by atoms with Crippen LogP contribution in [-0.2, 0) is 0 Å². The highest BCUT2D eigenvalue weighted by Gasteiger charge is 2.32. The van der Waals surface area contributed by atoms with E-state index in [2.05, 4.69) is 26.2 Å². The third kappa shape index (κ3) is 5.54. The minimum Gasteiger partial charge on any atom is -0.496 e. The minimum absolute atomic E-state index is 0.170. The zero-order valence-corrected chi connectivity index (χ0v) is 23.3. The van der Waals surface area contributed by atoms with Gasteiger partial charge in [0.15, 0.2) is 0 Å². The van der Waals surface area contributed by atoms with Crippen molar-refractivity contribution in [2.24, 2.45) is 0 Å². The molecule has 2 aromatic carbocycles. The average molecular weight is 596 g/mol. The van der Waals surface area contributed by atoms with Gasteiger partial charge in [0.25, 0.3) is 17.5 Å². The van der Waals surface area contributed by atoms with Gasteiger partial charge >= 0.3 is 0 Å². The number of benzene rings is 2. The molecular weight excluding hydrogens is 566 g/mol. The van der Waals surface area contributed by atoms with Crippen molar-refractivity contribution in [1.82, 2.24) is 14.8 Å². The van der Waals surface area contributed by atoms with E-state index in [0.29, 0.717) is 60.2 Å². The predicted molar refractivity (Wildman–Crippen MR) is 151 cm³/mol. The second-order valence-electron chi connectivity index (χ2n) is 9.94. The molecular formula is C28H30BrN5O5. The maximum atomic E-state index is 13.7. The van der Waals surface area contributed by atoms with E-state index in [1.54, 1.807) is 35.4 Å². The number of nitrogens with zero attached hydrogens (tertiary/aromatic N) is 4. The van der Waals surface area contributed by atoms with Crippen LogP contribution in [0.2, 0.25) is 0 Å². The summed E-state index contributed by atoms with van der Waals surface area (Å²) in [6, 6.07) is 8.33. The van der Waals surface area contributed by atoms with Crippen molar-refractivity contribution in [1.29, 1.82) is 0 Å². The van der Waals surface area contributed by atoms with Gasteiger partial charge in [0, 0.05) is 65.9 Å². The maximum absolute atomic E-state index is 13.7. The molecule has 1 atom stereocenters. The smallest absolute Gasteiger partial charge is 0.294 e. The van der Waals surface area contributed by atoms with Gasteiger partial charge in [-0.2, -0.15) is 0 Å². The van der Waals surface area contributed by atoms with Crippen LogP contribution in [0.3, 0.4) is 0 Å². The van der Waals surface area contributed by atoms with Crippen LogP contribution in [0.15, 0.2) is 47.2 Å². The Morgan fingerprint density at radius 2 is 1.79 bits per heavy atom. The highest BCUT2D eigenvalue weighted by Crippen LogP contribution is 2.36. The van der Waals surface area contributed by atoms with Crippen LogP contribution in [-0.4, -0.2) is 70.9 Å². The van der Waals surface area contributed by atoms with Gasteiger partial charge in [-0.3, -0.25) is 24.7 Å². The lowest BCUT2D eigenvalue weighted by Crippen LogP contribution is -2.45. The van der Waals surface area contributed by atoms with Gasteiger partial charge in [0.2, 0.25) is 0 Å². The Labute approximate surface area is 234 Å². The summed E-state index contributed by atoms with van der Waals surface area (Å²) in [4.78, 5) is 46.5. The lowest BCUT2D eigenvalue weighted by atomic mass is 10.0. The van der Waals surface area contributed by atoms with Gasteiger partial charge in [-0.1, -0.05) is 28.1 Å². The number of anilines is 1. The number of fused-ring (bicyclic) bond motifs is 1. The quantitative estimate of drug-likeness (QED) is 0.305. The SMILES string of the molecule is COc1cccc2cncc(C(=O)N3CCC[C@@H](Nc4c(C(=O)N5CCCCC5)cc(Br)cc4[N+](=O)[O-])C3)c12. The molecule has 2 amide bonds. The van der Waals surface area contributed by atoms with E-state index in [1.165, 1.54) is 6.07 Å². The molecule has 39 heavy (non-hydrogen) atoms. The molecule has 3 aromatic rings. The fourth-order valence-corrected chi connectivity index (χ4v) is 5.96. The van der Waals surface area contributed by atoms with E-state index >= 15 is 0 Å². The standard InChI is InChI=1S/C28H30BrN5O5/c1-39-24-9-5-7-18-15-30-16-22(25(18)24)28(36)33-12-6-8-20(17-33)31-26-21(13-19(29)14-23(26)34(37)38)27(35)32-10-3-2-4-11-32/h5,7,9,13-16,20,31H,2-4,6,8,10-12,17H2,1H3/t20-/m1/s1. The highest BCUT2D eigenvalue weighted by atomic mass is 79.9. The first-order valence-electron chi connectivity index (χ1n) is 13.1. The molecule has 2 aliphatic heterocycles. The number of halogens is 1. The topological polar surface area (TPSA) is 118 Å². The number of piperidine rings is 2. The number of nitrogens with one attached hydrogen (secondary N) is 1. The number of carbonyl (C=O) groups excluding carboxylic acids is 2. The number of ether oxygens (including phenoxy) is 1. The van der Waals surface area contributed by atoms with Crippen molar-refractivity contribution < 1.29 is 19.2 Å². The Morgan fingerprint density at radius 1 is 1.05 bits per heavy atom. The zero-order valence-electron chi connectivity index (χ0n) is 21.7. The number of rotatable bonds is 6. The van der Waals surface area contributed by atoms with Crippen molar-refractivity contribution in [2.45, 2.75) is 38.1 Å². The number of pyridine rings is 1. The van der Waals surface area contributed by atoms with Crippen molar-refractivity contribution in [2.75, 3.05) is 38.6 Å². The number of aromatic nitrogens is 1. The van der Waals surface area contributed by atoms with Crippen molar-refractivity contribution in [3.8, 4) is 5.75 Å². The minimum atomic E-state index is -0.472. The van der Waals surface area contributed by atoms with Gasteiger partial charge in [-0.25, -0.2) is 0 Å². The van der Waals surface area contributed by atoms with Crippen molar-refractivity contribution >= 4 is 49.9 Å². The molecule has 2 aliphatic rings. The molecule has 0 spiro atoms. The van der Waals surface area contributed by atoms with Gasteiger partial charge in [-0.15, -0.1) is 0 Å². The Balaban J connectivity index is 1.44. The second-order valence-corrected chi connectivity index (χ2v) is 10.9. The first kappa shape index (κ1) is 26.9. The second kappa shape index (κ2) is 11.6. The number of carbonyl (C=O) groups is 2. The van der Waals surface area contributed by atoms with Crippen LogP contribution in [0, 0.1) is 10.1 Å². The number of hydrogen-bond donors (Lipinski definition) is 1. The zero-order chi connectivity index (χ0) is 27.5. The van der Waals surface area contributed by atoms with E-state index in [4.69, 9.17) is 4.74 Å². The number of hydrogen-bond acceptors (Lipinski definition) is 7. The number of methoxy groups -OCH3 is 1. The Hall–Kier alpha value is -3.73. The molecule has 2 saturated heterocycles. The summed E-state index contributed by atoms with van der Waals surface area (Å²) in [5.41, 5.74) is 0.744. The molecule has 204 valence electrons. The third-order valence-corrected chi connectivity index (χ3v) is 7.86. The molecule has 2 fully saturated rings. The van der Waals surface area contributed by atoms with Gasteiger partial charge in [0.1, 0.15) is 11.4 Å². The highest BCUT2D eigenvalue weighted by molar-refractivity contribution is 9.10. The Kier molecular flexibility index (Phi) is 7.97. The van der Waals surface area contributed by atoms with E-state index in [-0.39, 0.29) is 34.8 Å². The van der Waals surface area contributed by atoms with Crippen LogP contribution in [0.1, 0.15) is 52.8 Å². The Morgan fingerprint density at radius 3 is 2.54 bits per heavy atom. The van der Waals surface area contributed by atoms with Crippen LogP contribution in [0.5, 0.6) is 5.75 Å². The summed E-state index contributed by atoms with van der Waals surface area (Å²) in [7, 11) is 1.57. The molecule has 3 heterocycles. The van der Waals surface area contributed by atoms with E-state index in [1.807, 2.05) is 18.2 Å². The average Bonchev–Trinajstić information content (AvgIpc) is 2.96. The molecule has 0 aliphatic carbocycles. The van der Waals surface area contributed by atoms with Crippen molar-refractivity contribution in [3.05, 3.63) is 68.4 Å². The molecule has 0 radical (unpaired) electrons. The maximum Gasteiger partial charge on any atom is 0.294 e. The van der Waals surface area contributed by atoms with Crippen LogP contribution < -0.4 is 10.1 Å². The largest absolute Gasteiger partial charge is 0.496 e. The third-order valence-electron chi connectivity index (χ3n) is 7.41. The van der Waals surface area contributed by atoms with E-state index in [9.17, 15) is 19.7 Å². The fraction of sp³-hybridized carbons (Fsp3) is 0.393. The first-order valence-corrected chi connectivity index (χ1v) is 13.9. The van der Waals surface area contributed by atoms with Crippen LogP contribution in [0.25, 0.3) is 10.8 Å². The summed E-state index contributed by atoms with van der Waals surface area (Å²) in [6.45, 7) is 2.14. The Bertz CT molecular complexity index is 1420. The molecule has 5 rings (SSSR count). The molecule has 0 bridgehead atoms. The molecule has 1 aromatic heterocycles. The van der Waals surface area contributed by atoms with Crippen molar-refractivity contribution in [3.63, 3.8) is 0 Å². The summed E-state index contributed by atoms with van der Waals surface area (Å²) < 4.78 is 5.99. The summed E-state index contributed by atoms with van der Waals surface area (Å²) in [6.07, 6.45) is 7.56.